The van der Waals surface area contributed by atoms with E-state index in [0.29, 0.717) is 5.92 Å². The average Bonchev–Trinajstić information content (AvgIpc) is 2.75. The summed E-state index contributed by atoms with van der Waals surface area (Å²) in [6, 6.07) is 3.77. The highest BCUT2D eigenvalue weighted by molar-refractivity contribution is 5.86. The Labute approximate surface area is 83.3 Å². The van der Waals surface area contributed by atoms with Gasteiger partial charge in [-0.15, -0.1) is 0 Å². The molecule has 0 radical (unpaired) electrons. The largest absolute Gasteiger partial charge is 0.316 e. The van der Waals surface area contributed by atoms with Crippen molar-refractivity contribution < 1.29 is 4.79 Å². The monoisotopic (exact) mass is 193 g/mol. The number of aromatic nitrogens is 1. The van der Waals surface area contributed by atoms with Crippen molar-refractivity contribution in [2.24, 2.45) is 11.8 Å². The first-order valence-corrected chi connectivity index (χ1v) is 4.92. The SMILES string of the molecule is C[C@@H]1CNC[C@H]1C(=O)Nn1cccc1. The summed E-state index contributed by atoms with van der Waals surface area (Å²) < 4.78 is 1.69. The fourth-order valence-corrected chi connectivity index (χ4v) is 1.78. The second-order valence-corrected chi connectivity index (χ2v) is 3.81. The van der Waals surface area contributed by atoms with Gasteiger partial charge in [0.05, 0.1) is 5.92 Å². The normalized spacial score (nSPS) is 26.4. The average molecular weight is 193 g/mol. The molecule has 2 rings (SSSR count). The highest BCUT2D eigenvalue weighted by atomic mass is 16.2. The Kier molecular flexibility index (Phi) is 2.54. The number of carbonyl (C=O) groups is 1. The molecule has 2 heterocycles. The Bertz CT molecular complexity index is 307. The minimum atomic E-state index is 0.0948. The van der Waals surface area contributed by atoms with Gasteiger partial charge in [0.25, 0.3) is 0 Å². The molecule has 0 spiro atoms. The van der Waals surface area contributed by atoms with E-state index in [9.17, 15) is 4.79 Å². The molecule has 1 amide bonds. The van der Waals surface area contributed by atoms with Gasteiger partial charge in [-0.25, -0.2) is 0 Å². The van der Waals surface area contributed by atoms with Crippen LogP contribution in [0.4, 0.5) is 0 Å². The standard InChI is InChI=1S/C10H15N3O/c1-8-6-11-7-9(8)10(14)12-13-4-2-3-5-13/h2-5,8-9,11H,6-7H2,1H3,(H,12,14)/t8-,9-/m1/s1. The van der Waals surface area contributed by atoms with Gasteiger partial charge in [0, 0.05) is 18.9 Å². The van der Waals surface area contributed by atoms with Gasteiger partial charge in [0.2, 0.25) is 5.91 Å². The molecule has 1 aromatic rings. The summed E-state index contributed by atoms with van der Waals surface area (Å²) >= 11 is 0. The van der Waals surface area contributed by atoms with Gasteiger partial charge in [-0.05, 0) is 24.6 Å². The van der Waals surface area contributed by atoms with E-state index in [2.05, 4.69) is 17.7 Å². The molecule has 1 fully saturated rings. The number of carbonyl (C=O) groups excluding carboxylic acids is 1. The summed E-state index contributed by atoms with van der Waals surface area (Å²) in [5.41, 5.74) is 2.83. The summed E-state index contributed by atoms with van der Waals surface area (Å²) in [6.07, 6.45) is 3.65. The number of nitrogens with one attached hydrogen (secondary N) is 2. The molecule has 4 nitrogen and oxygen atoms in total. The van der Waals surface area contributed by atoms with E-state index in [-0.39, 0.29) is 11.8 Å². The summed E-state index contributed by atoms with van der Waals surface area (Å²) in [4.78, 5) is 11.8. The number of hydrogen-bond donors (Lipinski definition) is 2. The zero-order chi connectivity index (χ0) is 9.97. The fourth-order valence-electron chi connectivity index (χ4n) is 1.78. The van der Waals surface area contributed by atoms with E-state index in [1.807, 2.05) is 24.5 Å². The first-order valence-electron chi connectivity index (χ1n) is 4.92. The molecule has 0 unspecified atom stereocenters. The van der Waals surface area contributed by atoms with Crippen molar-refractivity contribution in [1.82, 2.24) is 9.99 Å². The third-order valence-corrected chi connectivity index (χ3v) is 2.70. The van der Waals surface area contributed by atoms with Crippen molar-refractivity contribution in [2.45, 2.75) is 6.92 Å². The molecule has 0 bridgehead atoms. The minimum absolute atomic E-state index is 0.0948. The number of hydrogen-bond acceptors (Lipinski definition) is 2. The van der Waals surface area contributed by atoms with E-state index in [1.165, 1.54) is 0 Å². The topological polar surface area (TPSA) is 46.1 Å². The van der Waals surface area contributed by atoms with Crippen molar-refractivity contribution in [1.29, 1.82) is 0 Å². The van der Waals surface area contributed by atoms with Gasteiger partial charge in [0.15, 0.2) is 0 Å². The number of rotatable bonds is 2. The Hall–Kier alpha value is -1.29. The van der Waals surface area contributed by atoms with Crippen LogP contribution >= 0.6 is 0 Å². The predicted molar refractivity (Wildman–Crippen MR) is 54.3 cm³/mol. The zero-order valence-electron chi connectivity index (χ0n) is 8.23. The lowest BCUT2D eigenvalue weighted by Crippen LogP contribution is -2.32. The molecule has 2 N–H and O–H groups in total. The molecular formula is C10H15N3O. The van der Waals surface area contributed by atoms with E-state index in [0.717, 1.165) is 13.1 Å². The van der Waals surface area contributed by atoms with Gasteiger partial charge in [-0.2, -0.15) is 0 Å². The maximum absolute atomic E-state index is 11.8. The zero-order valence-corrected chi connectivity index (χ0v) is 8.23. The molecular weight excluding hydrogens is 178 g/mol. The Balaban J connectivity index is 1.95. The molecule has 14 heavy (non-hydrogen) atoms. The summed E-state index contributed by atoms with van der Waals surface area (Å²) in [5, 5.41) is 3.21. The van der Waals surface area contributed by atoms with Crippen molar-refractivity contribution in [3.63, 3.8) is 0 Å². The van der Waals surface area contributed by atoms with E-state index in [4.69, 9.17) is 0 Å². The third kappa shape index (κ3) is 1.80. The van der Waals surface area contributed by atoms with Crippen LogP contribution in [0.5, 0.6) is 0 Å². The van der Waals surface area contributed by atoms with Crippen molar-refractivity contribution in [3.8, 4) is 0 Å². The number of nitrogens with zero attached hydrogens (tertiary/aromatic N) is 1. The second kappa shape index (κ2) is 3.84. The van der Waals surface area contributed by atoms with Crippen molar-refractivity contribution >= 4 is 5.91 Å². The van der Waals surface area contributed by atoms with Crippen LogP contribution in [-0.2, 0) is 4.79 Å². The fraction of sp³-hybridized carbons (Fsp3) is 0.500. The van der Waals surface area contributed by atoms with Crippen molar-refractivity contribution in [3.05, 3.63) is 24.5 Å². The number of amides is 1. The Morgan fingerprint density at radius 2 is 2.14 bits per heavy atom. The lowest BCUT2D eigenvalue weighted by atomic mass is 9.98. The maximum Gasteiger partial charge on any atom is 0.243 e. The molecule has 1 aliphatic heterocycles. The second-order valence-electron chi connectivity index (χ2n) is 3.81. The van der Waals surface area contributed by atoms with Crippen molar-refractivity contribution in [2.75, 3.05) is 18.5 Å². The Morgan fingerprint density at radius 1 is 1.43 bits per heavy atom. The summed E-state index contributed by atoms with van der Waals surface area (Å²) in [6.45, 7) is 3.82. The van der Waals surface area contributed by atoms with Gasteiger partial charge in [-0.1, -0.05) is 6.92 Å². The van der Waals surface area contributed by atoms with Crippen LogP contribution in [-0.4, -0.2) is 23.7 Å². The molecule has 4 heteroatoms. The van der Waals surface area contributed by atoms with E-state index in [1.54, 1.807) is 4.68 Å². The minimum Gasteiger partial charge on any atom is -0.316 e. The maximum atomic E-state index is 11.8. The highest BCUT2D eigenvalue weighted by Crippen LogP contribution is 2.15. The van der Waals surface area contributed by atoms with E-state index >= 15 is 0 Å². The third-order valence-electron chi connectivity index (χ3n) is 2.70. The summed E-state index contributed by atoms with van der Waals surface area (Å²) in [5.74, 6) is 0.613. The van der Waals surface area contributed by atoms with Crippen LogP contribution in [0, 0.1) is 11.8 Å². The van der Waals surface area contributed by atoms with Crippen LogP contribution in [0.25, 0.3) is 0 Å². The predicted octanol–water partition coefficient (Wildman–Crippen LogP) is 0.414. The smallest absolute Gasteiger partial charge is 0.243 e. The Morgan fingerprint density at radius 3 is 2.71 bits per heavy atom. The molecule has 1 aliphatic rings. The molecule has 0 aromatic carbocycles. The first kappa shape index (κ1) is 9.27. The van der Waals surface area contributed by atoms with Gasteiger partial charge < -0.3 is 5.32 Å². The molecule has 1 aromatic heterocycles. The quantitative estimate of drug-likeness (QED) is 0.714. The summed E-state index contributed by atoms with van der Waals surface area (Å²) in [7, 11) is 0. The lowest BCUT2D eigenvalue weighted by Gasteiger charge is -2.14. The van der Waals surface area contributed by atoms with Crippen LogP contribution in [0.3, 0.4) is 0 Å². The van der Waals surface area contributed by atoms with Crippen LogP contribution < -0.4 is 10.7 Å². The van der Waals surface area contributed by atoms with Crippen LogP contribution in [0.1, 0.15) is 6.92 Å². The molecule has 1 saturated heterocycles. The molecule has 2 atom stereocenters. The highest BCUT2D eigenvalue weighted by Gasteiger charge is 2.29. The molecule has 0 aliphatic carbocycles. The molecule has 76 valence electrons. The molecule has 0 saturated carbocycles. The van der Waals surface area contributed by atoms with Crippen LogP contribution in [0.15, 0.2) is 24.5 Å². The lowest BCUT2D eigenvalue weighted by molar-refractivity contribution is -0.121. The van der Waals surface area contributed by atoms with Gasteiger partial charge in [0.1, 0.15) is 0 Å². The van der Waals surface area contributed by atoms with E-state index < -0.39 is 0 Å². The van der Waals surface area contributed by atoms with Gasteiger partial charge in [-0.3, -0.25) is 14.9 Å². The van der Waals surface area contributed by atoms with Crippen LogP contribution in [0.2, 0.25) is 0 Å². The van der Waals surface area contributed by atoms with Gasteiger partial charge >= 0.3 is 0 Å². The first-order chi connectivity index (χ1) is 6.77.